The molecule has 1 saturated heterocycles. The van der Waals surface area contributed by atoms with E-state index in [1.54, 1.807) is 6.07 Å². The van der Waals surface area contributed by atoms with Crippen molar-refractivity contribution in [3.63, 3.8) is 0 Å². The van der Waals surface area contributed by atoms with Crippen LogP contribution in [0.25, 0.3) is 0 Å². The number of pyridine rings is 1. The van der Waals surface area contributed by atoms with E-state index in [1.807, 2.05) is 27.7 Å². The maximum absolute atomic E-state index is 14.2. The zero-order valence-corrected chi connectivity index (χ0v) is 18.0. The smallest absolute Gasteiger partial charge is 0.412 e. The molecule has 0 bridgehead atoms. The second kappa shape index (κ2) is 6.44. The van der Waals surface area contributed by atoms with Crippen molar-refractivity contribution in [3.8, 4) is 0 Å². The Morgan fingerprint density at radius 1 is 1.16 bits per heavy atom. The third kappa shape index (κ3) is 4.15. The Labute approximate surface area is 152 Å². The highest BCUT2D eigenvalue weighted by atomic mass is 28.4. The van der Waals surface area contributed by atoms with E-state index < -0.39 is 32.6 Å². The standard InChI is InChI=1S/C18H31BFNO3Si/c1-16(2,3)25(8,9)22-12-13-10-14(11-21-15(13)20)19-23-17(4,5)18(6,7)24-19/h10-11H,12H2,1-9H3. The van der Waals surface area contributed by atoms with Gasteiger partial charge in [-0.25, -0.2) is 4.98 Å². The number of aromatic nitrogens is 1. The molecule has 1 aromatic rings. The summed E-state index contributed by atoms with van der Waals surface area (Å²) in [6, 6.07) is 1.75. The van der Waals surface area contributed by atoms with Crippen molar-refractivity contribution in [2.75, 3.05) is 0 Å². The maximum Gasteiger partial charge on any atom is 0.496 e. The minimum Gasteiger partial charge on any atom is -0.412 e. The van der Waals surface area contributed by atoms with Crippen molar-refractivity contribution >= 4 is 20.9 Å². The minimum atomic E-state index is -1.96. The van der Waals surface area contributed by atoms with Crippen LogP contribution in [-0.2, 0) is 20.3 Å². The lowest BCUT2D eigenvalue weighted by Gasteiger charge is -2.36. The number of hydrogen-bond donors (Lipinski definition) is 0. The molecule has 1 aromatic heterocycles. The van der Waals surface area contributed by atoms with Crippen LogP contribution in [0.15, 0.2) is 12.3 Å². The molecule has 4 nitrogen and oxygen atoms in total. The first-order valence-corrected chi connectivity index (χ1v) is 11.7. The van der Waals surface area contributed by atoms with Gasteiger partial charge in [0.25, 0.3) is 0 Å². The molecule has 0 aliphatic carbocycles. The lowest BCUT2D eigenvalue weighted by Crippen LogP contribution is -2.41. The van der Waals surface area contributed by atoms with Crippen LogP contribution in [0.4, 0.5) is 4.39 Å². The first kappa shape index (κ1) is 20.6. The van der Waals surface area contributed by atoms with Crippen molar-refractivity contribution in [1.82, 2.24) is 4.98 Å². The molecule has 1 aliphatic heterocycles. The summed E-state index contributed by atoms with van der Waals surface area (Å²) in [4.78, 5) is 3.89. The topological polar surface area (TPSA) is 40.6 Å². The second-order valence-electron chi connectivity index (χ2n) is 9.36. The Morgan fingerprint density at radius 3 is 2.16 bits per heavy atom. The monoisotopic (exact) mass is 367 g/mol. The molecule has 0 radical (unpaired) electrons. The Balaban J connectivity index is 2.19. The van der Waals surface area contributed by atoms with E-state index in [1.165, 1.54) is 6.20 Å². The summed E-state index contributed by atoms with van der Waals surface area (Å²) in [6.45, 7) is 19.0. The summed E-state index contributed by atoms with van der Waals surface area (Å²) in [5, 5.41) is 0.0697. The van der Waals surface area contributed by atoms with Crippen LogP contribution in [0.5, 0.6) is 0 Å². The van der Waals surface area contributed by atoms with Crippen LogP contribution in [0.3, 0.4) is 0 Å². The molecule has 0 saturated carbocycles. The molecule has 1 aliphatic rings. The van der Waals surface area contributed by atoms with E-state index in [-0.39, 0.29) is 11.6 Å². The summed E-state index contributed by atoms with van der Waals surface area (Å²) in [5.41, 5.74) is 0.277. The summed E-state index contributed by atoms with van der Waals surface area (Å²) in [7, 11) is -2.51. The molecule has 0 aromatic carbocycles. The lowest BCUT2D eigenvalue weighted by atomic mass is 9.80. The highest BCUT2D eigenvalue weighted by Gasteiger charge is 2.52. The number of hydrogen-bond acceptors (Lipinski definition) is 4. The minimum absolute atomic E-state index is 0.0697. The van der Waals surface area contributed by atoms with Gasteiger partial charge in [0.15, 0.2) is 8.32 Å². The second-order valence-corrected chi connectivity index (χ2v) is 14.2. The molecule has 0 atom stereocenters. The van der Waals surface area contributed by atoms with Gasteiger partial charge in [-0.1, -0.05) is 26.8 Å². The van der Waals surface area contributed by atoms with Gasteiger partial charge in [-0.15, -0.1) is 0 Å². The maximum atomic E-state index is 14.2. The van der Waals surface area contributed by atoms with Crippen LogP contribution in [0, 0.1) is 5.95 Å². The molecule has 2 rings (SSSR count). The number of rotatable bonds is 4. The van der Waals surface area contributed by atoms with Gasteiger partial charge in [0.05, 0.1) is 17.8 Å². The van der Waals surface area contributed by atoms with Crippen molar-refractivity contribution < 1.29 is 18.1 Å². The first-order valence-electron chi connectivity index (χ1n) is 8.80. The van der Waals surface area contributed by atoms with E-state index >= 15 is 0 Å². The van der Waals surface area contributed by atoms with E-state index in [9.17, 15) is 4.39 Å². The van der Waals surface area contributed by atoms with E-state index in [2.05, 4.69) is 38.8 Å². The van der Waals surface area contributed by atoms with Gasteiger partial charge in [-0.3, -0.25) is 0 Å². The van der Waals surface area contributed by atoms with E-state index in [0.717, 1.165) is 0 Å². The Bertz CT molecular complexity index is 628. The average molecular weight is 367 g/mol. The van der Waals surface area contributed by atoms with Crippen LogP contribution in [0.2, 0.25) is 18.1 Å². The van der Waals surface area contributed by atoms with Gasteiger partial charge in [0.1, 0.15) is 0 Å². The van der Waals surface area contributed by atoms with Crippen LogP contribution in [0.1, 0.15) is 54.0 Å². The van der Waals surface area contributed by atoms with Gasteiger partial charge in [-0.2, -0.15) is 4.39 Å². The lowest BCUT2D eigenvalue weighted by molar-refractivity contribution is 0.00578. The van der Waals surface area contributed by atoms with E-state index in [4.69, 9.17) is 13.7 Å². The predicted octanol–water partition coefficient (Wildman–Crippen LogP) is 4.04. The van der Waals surface area contributed by atoms with Gasteiger partial charge in [0, 0.05) is 17.2 Å². The van der Waals surface area contributed by atoms with Crippen molar-refractivity contribution in [2.24, 2.45) is 0 Å². The molecule has 7 heteroatoms. The van der Waals surface area contributed by atoms with Gasteiger partial charge >= 0.3 is 7.12 Å². The fraction of sp³-hybridized carbons (Fsp3) is 0.722. The molecule has 0 unspecified atom stereocenters. The van der Waals surface area contributed by atoms with Gasteiger partial charge < -0.3 is 13.7 Å². The molecular weight excluding hydrogens is 336 g/mol. The average Bonchev–Trinajstić information content (AvgIpc) is 2.65. The summed E-state index contributed by atoms with van der Waals surface area (Å²) < 4.78 is 32.4. The van der Waals surface area contributed by atoms with Crippen LogP contribution < -0.4 is 5.46 Å². The molecular formula is C18H31BFNO3Si. The predicted molar refractivity (Wildman–Crippen MR) is 102 cm³/mol. The normalized spacial score (nSPS) is 20.2. The van der Waals surface area contributed by atoms with Crippen molar-refractivity contribution in [1.29, 1.82) is 0 Å². The fourth-order valence-corrected chi connectivity index (χ4v) is 3.15. The van der Waals surface area contributed by atoms with Crippen molar-refractivity contribution in [2.45, 2.75) is 84.4 Å². The third-order valence-electron chi connectivity index (χ3n) is 5.85. The van der Waals surface area contributed by atoms with Gasteiger partial charge in [0.2, 0.25) is 5.95 Å². The molecule has 0 N–H and O–H groups in total. The molecule has 25 heavy (non-hydrogen) atoms. The third-order valence-corrected chi connectivity index (χ3v) is 10.3. The van der Waals surface area contributed by atoms with Crippen molar-refractivity contribution in [3.05, 3.63) is 23.8 Å². The quantitative estimate of drug-likeness (QED) is 0.595. The Kier molecular flexibility index (Phi) is 5.30. The molecule has 140 valence electrons. The number of halogens is 1. The molecule has 1 fully saturated rings. The summed E-state index contributed by atoms with van der Waals surface area (Å²) in [6.07, 6.45) is 1.48. The van der Waals surface area contributed by atoms with Crippen LogP contribution >= 0.6 is 0 Å². The zero-order valence-electron chi connectivity index (χ0n) is 17.0. The summed E-state index contributed by atoms with van der Waals surface area (Å²) in [5.74, 6) is -0.501. The Morgan fingerprint density at radius 2 is 1.68 bits per heavy atom. The van der Waals surface area contributed by atoms with Gasteiger partial charge in [-0.05, 0) is 45.8 Å². The molecule has 2 heterocycles. The molecule has 0 amide bonds. The fourth-order valence-electron chi connectivity index (χ4n) is 2.20. The van der Waals surface area contributed by atoms with Crippen LogP contribution in [-0.4, -0.2) is 31.6 Å². The zero-order chi connectivity index (χ0) is 19.3. The highest BCUT2D eigenvalue weighted by molar-refractivity contribution is 6.74. The van der Waals surface area contributed by atoms with E-state index in [0.29, 0.717) is 11.0 Å². The SMILES string of the molecule is CC1(C)OB(c2cnc(F)c(CO[Si](C)(C)C(C)(C)C)c2)OC1(C)C. The Hall–Kier alpha value is -0.758. The largest absolute Gasteiger partial charge is 0.496 e. The number of nitrogens with zero attached hydrogens (tertiary/aromatic N) is 1. The molecule has 0 spiro atoms. The highest BCUT2D eigenvalue weighted by Crippen LogP contribution is 2.38. The first-order chi connectivity index (χ1) is 11.2. The summed E-state index contributed by atoms with van der Waals surface area (Å²) >= 11 is 0.